The van der Waals surface area contributed by atoms with E-state index in [4.69, 9.17) is 14.2 Å². The lowest BCUT2D eigenvalue weighted by atomic mass is 10.1. The van der Waals surface area contributed by atoms with Crippen molar-refractivity contribution in [2.45, 2.75) is 245 Å². The van der Waals surface area contributed by atoms with E-state index in [2.05, 4.69) is 106 Å². The van der Waals surface area contributed by atoms with Crippen molar-refractivity contribution in [3.63, 3.8) is 0 Å². The van der Waals surface area contributed by atoms with Gasteiger partial charge < -0.3 is 14.2 Å². The molecule has 0 aromatic heterocycles. The first-order valence-corrected chi connectivity index (χ1v) is 26.1. The topological polar surface area (TPSA) is 78.9 Å². The van der Waals surface area contributed by atoms with E-state index in [9.17, 15) is 14.4 Å². The molecule has 0 fully saturated rings. The van der Waals surface area contributed by atoms with Crippen molar-refractivity contribution >= 4 is 17.9 Å². The fourth-order valence-corrected chi connectivity index (χ4v) is 6.99. The zero-order chi connectivity index (χ0) is 45.8. The van der Waals surface area contributed by atoms with Gasteiger partial charge in [-0.1, -0.05) is 196 Å². The highest BCUT2D eigenvalue weighted by Gasteiger charge is 2.19. The molecule has 0 N–H and O–H groups in total. The van der Waals surface area contributed by atoms with Crippen LogP contribution < -0.4 is 0 Å². The summed E-state index contributed by atoms with van der Waals surface area (Å²) in [5.41, 5.74) is 0. The van der Waals surface area contributed by atoms with Crippen molar-refractivity contribution in [1.29, 1.82) is 0 Å². The largest absolute Gasteiger partial charge is 0.462 e. The number of unbranched alkanes of at least 4 members (excludes halogenated alkanes) is 21. The van der Waals surface area contributed by atoms with Crippen molar-refractivity contribution < 1.29 is 28.6 Å². The second-order valence-electron chi connectivity index (χ2n) is 17.0. The van der Waals surface area contributed by atoms with Gasteiger partial charge in [0, 0.05) is 19.3 Å². The minimum atomic E-state index is -0.794. The Balaban J connectivity index is 4.45. The Bertz CT molecular complexity index is 1240. The van der Waals surface area contributed by atoms with Gasteiger partial charge in [-0.2, -0.15) is 0 Å². The smallest absolute Gasteiger partial charge is 0.306 e. The van der Waals surface area contributed by atoms with E-state index in [0.717, 1.165) is 135 Å². The van der Waals surface area contributed by atoms with Crippen LogP contribution in [0.5, 0.6) is 0 Å². The second kappa shape index (κ2) is 51.2. The summed E-state index contributed by atoms with van der Waals surface area (Å²) in [6, 6.07) is 0. The Morgan fingerprint density at radius 2 is 0.619 bits per heavy atom. The summed E-state index contributed by atoms with van der Waals surface area (Å²) in [5, 5.41) is 0. The third-order valence-corrected chi connectivity index (χ3v) is 10.9. The monoisotopic (exact) mass is 877 g/mol. The number of ether oxygens (including phenoxy) is 3. The molecule has 6 heteroatoms. The molecule has 0 bridgehead atoms. The molecule has 0 aromatic rings. The van der Waals surface area contributed by atoms with Crippen LogP contribution in [-0.2, 0) is 28.6 Å². The van der Waals surface area contributed by atoms with Gasteiger partial charge in [0.2, 0.25) is 0 Å². The molecule has 63 heavy (non-hydrogen) atoms. The van der Waals surface area contributed by atoms with E-state index in [0.29, 0.717) is 19.3 Å². The molecule has 6 nitrogen and oxygen atoms in total. The van der Waals surface area contributed by atoms with Crippen LogP contribution >= 0.6 is 0 Å². The van der Waals surface area contributed by atoms with E-state index in [1.807, 2.05) is 0 Å². The second-order valence-corrected chi connectivity index (χ2v) is 17.0. The quantitative estimate of drug-likeness (QED) is 0.0262. The summed E-state index contributed by atoms with van der Waals surface area (Å²) in [6.45, 7) is 6.37. The van der Waals surface area contributed by atoms with Gasteiger partial charge in [-0.3, -0.25) is 14.4 Å². The first-order chi connectivity index (χ1) is 31.0. The van der Waals surface area contributed by atoms with Crippen LogP contribution in [0.2, 0.25) is 0 Å². The minimum absolute atomic E-state index is 0.0920. The van der Waals surface area contributed by atoms with Gasteiger partial charge in [-0.05, 0) is 109 Å². The Morgan fingerprint density at radius 3 is 0.984 bits per heavy atom. The Morgan fingerprint density at radius 1 is 0.333 bits per heavy atom. The molecule has 0 aromatic carbocycles. The summed E-state index contributed by atoms with van der Waals surface area (Å²) >= 11 is 0. The summed E-state index contributed by atoms with van der Waals surface area (Å²) in [7, 11) is 0. The molecular weight excluding hydrogens is 781 g/mol. The number of hydrogen-bond donors (Lipinski definition) is 0. The molecule has 0 rings (SSSR count). The molecule has 0 radical (unpaired) electrons. The molecule has 0 aliphatic carbocycles. The van der Waals surface area contributed by atoms with Crippen LogP contribution in [0.15, 0.2) is 85.1 Å². The molecule has 0 amide bonds. The lowest BCUT2D eigenvalue weighted by Crippen LogP contribution is -2.30. The molecule has 0 unspecified atom stereocenters. The summed E-state index contributed by atoms with van der Waals surface area (Å²) in [6.07, 6.45) is 65.6. The molecule has 0 aliphatic rings. The standard InChI is InChI=1S/C57H96O6/c1-4-7-10-13-16-19-22-25-28-31-34-37-40-43-46-49-55(58)61-52-54(63-57(60)51-48-45-42-39-36-33-30-27-24-21-18-15-12-9-6-3)53-62-56(59)50-47-44-41-38-35-32-29-26-23-20-17-14-11-8-5-2/h7,9-10,12,16,18-21,23,25,27-28,30,54H,4-6,8,11,13-15,17,22,24,26,29,31-53H2,1-3H3/b10-7+,12-9+,19-16+,21-18+,23-20+,28-25+,30-27+/t54-/m0/s1. The highest BCUT2D eigenvalue weighted by Crippen LogP contribution is 2.14. The number of carbonyl (C=O) groups excluding carboxylic acids is 3. The fraction of sp³-hybridized carbons (Fsp3) is 0.702. The van der Waals surface area contributed by atoms with E-state index in [1.165, 1.54) is 64.2 Å². The van der Waals surface area contributed by atoms with Crippen LogP contribution in [0.3, 0.4) is 0 Å². The summed E-state index contributed by atoms with van der Waals surface area (Å²) in [4.78, 5) is 38.0. The number of allylic oxidation sites excluding steroid dienone is 14. The Hall–Kier alpha value is -3.41. The van der Waals surface area contributed by atoms with Gasteiger partial charge in [0.15, 0.2) is 6.10 Å². The van der Waals surface area contributed by atoms with Gasteiger partial charge >= 0.3 is 17.9 Å². The van der Waals surface area contributed by atoms with Crippen molar-refractivity contribution in [2.75, 3.05) is 13.2 Å². The van der Waals surface area contributed by atoms with Crippen molar-refractivity contribution in [3.8, 4) is 0 Å². The van der Waals surface area contributed by atoms with Gasteiger partial charge in [0.1, 0.15) is 13.2 Å². The molecule has 360 valence electrons. The highest BCUT2D eigenvalue weighted by atomic mass is 16.6. The van der Waals surface area contributed by atoms with Gasteiger partial charge in [0.05, 0.1) is 0 Å². The summed E-state index contributed by atoms with van der Waals surface area (Å²) in [5.74, 6) is -0.931. The van der Waals surface area contributed by atoms with Crippen LogP contribution in [0, 0.1) is 0 Å². The number of rotatable bonds is 46. The third kappa shape index (κ3) is 49.5. The van der Waals surface area contributed by atoms with Gasteiger partial charge in [0.25, 0.3) is 0 Å². The molecule has 0 saturated carbocycles. The van der Waals surface area contributed by atoms with Crippen LogP contribution in [0.4, 0.5) is 0 Å². The fourth-order valence-electron chi connectivity index (χ4n) is 6.99. The van der Waals surface area contributed by atoms with E-state index >= 15 is 0 Å². The maximum atomic E-state index is 12.8. The molecule has 0 saturated heterocycles. The first-order valence-electron chi connectivity index (χ1n) is 26.1. The number of carbonyl (C=O) groups is 3. The molecular formula is C57H96O6. The lowest BCUT2D eigenvalue weighted by molar-refractivity contribution is -0.167. The Labute approximate surface area is 388 Å². The zero-order valence-electron chi connectivity index (χ0n) is 41.1. The van der Waals surface area contributed by atoms with Gasteiger partial charge in [-0.25, -0.2) is 0 Å². The predicted molar refractivity (Wildman–Crippen MR) is 270 cm³/mol. The lowest BCUT2D eigenvalue weighted by Gasteiger charge is -2.18. The molecule has 0 aliphatic heterocycles. The van der Waals surface area contributed by atoms with Crippen molar-refractivity contribution in [2.24, 2.45) is 0 Å². The van der Waals surface area contributed by atoms with Crippen LogP contribution in [0.25, 0.3) is 0 Å². The van der Waals surface area contributed by atoms with Crippen LogP contribution in [0.1, 0.15) is 239 Å². The number of esters is 3. The minimum Gasteiger partial charge on any atom is -0.462 e. The highest BCUT2D eigenvalue weighted by molar-refractivity contribution is 5.71. The maximum Gasteiger partial charge on any atom is 0.306 e. The number of hydrogen-bond acceptors (Lipinski definition) is 6. The molecule has 0 spiro atoms. The summed E-state index contributed by atoms with van der Waals surface area (Å²) < 4.78 is 16.8. The van der Waals surface area contributed by atoms with Crippen LogP contribution in [-0.4, -0.2) is 37.2 Å². The SMILES string of the molecule is CC/C=C/C/C=C/C/C=C/CCCCCCCC(=O)OC[C@@H](COC(=O)CCCCCCCCC/C=C/CCCCCC)OC(=O)CCCCCCC/C=C/C/C=C/C/C=C/CC. The van der Waals surface area contributed by atoms with E-state index < -0.39 is 6.10 Å². The van der Waals surface area contributed by atoms with Gasteiger partial charge in [-0.15, -0.1) is 0 Å². The van der Waals surface area contributed by atoms with E-state index in [-0.39, 0.29) is 31.1 Å². The zero-order valence-corrected chi connectivity index (χ0v) is 41.1. The molecule has 0 heterocycles. The van der Waals surface area contributed by atoms with Crippen molar-refractivity contribution in [1.82, 2.24) is 0 Å². The maximum absolute atomic E-state index is 12.8. The molecule has 1 atom stereocenters. The average molecular weight is 877 g/mol. The normalized spacial score (nSPS) is 12.7. The predicted octanol–water partition coefficient (Wildman–Crippen LogP) is 17.2. The average Bonchev–Trinajstić information content (AvgIpc) is 3.28. The third-order valence-electron chi connectivity index (χ3n) is 10.9. The van der Waals surface area contributed by atoms with E-state index in [1.54, 1.807) is 0 Å². The first kappa shape index (κ1) is 59.6. The van der Waals surface area contributed by atoms with Crippen molar-refractivity contribution in [3.05, 3.63) is 85.1 Å². The Kier molecular flexibility index (Phi) is 48.5.